The lowest BCUT2D eigenvalue weighted by Gasteiger charge is -2.09. The van der Waals surface area contributed by atoms with Gasteiger partial charge in [0.25, 0.3) is 0 Å². The van der Waals surface area contributed by atoms with Crippen molar-refractivity contribution < 1.29 is 14.6 Å². The van der Waals surface area contributed by atoms with Gasteiger partial charge in [-0.05, 0) is 24.9 Å². The smallest absolute Gasteiger partial charge is 0.334 e. The molecule has 0 aromatic carbocycles. The van der Waals surface area contributed by atoms with Gasteiger partial charge in [0.1, 0.15) is 0 Å². The summed E-state index contributed by atoms with van der Waals surface area (Å²) in [5, 5.41) is 9.26. The molecule has 0 rings (SSSR count). The molecule has 0 amide bonds. The van der Waals surface area contributed by atoms with Gasteiger partial charge < -0.3 is 9.84 Å². The minimum Gasteiger partial charge on any atom is -0.464 e. The standard InChI is InChI=1S/C9H18O3S/c1-3-4-6-12-9(11)8(10)5-7-13-2/h8,10H,3-7H2,1-2H3. The van der Waals surface area contributed by atoms with Crippen LogP contribution in [-0.2, 0) is 9.53 Å². The van der Waals surface area contributed by atoms with Gasteiger partial charge >= 0.3 is 5.97 Å². The van der Waals surface area contributed by atoms with E-state index in [0.717, 1.165) is 18.6 Å². The van der Waals surface area contributed by atoms with Crippen molar-refractivity contribution in [1.82, 2.24) is 0 Å². The summed E-state index contributed by atoms with van der Waals surface area (Å²) in [6.45, 7) is 2.45. The molecule has 0 aliphatic heterocycles. The van der Waals surface area contributed by atoms with Gasteiger partial charge in [0.2, 0.25) is 0 Å². The Bertz CT molecular complexity index is 139. The molecule has 0 aliphatic rings. The maximum absolute atomic E-state index is 11.0. The summed E-state index contributed by atoms with van der Waals surface area (Å²) in [6.07, 6.45) is 3.33. The average Bonchev–Trinajstić information content (AvgIpc) is 2.14. The summed E-state index contributed by atoms with van der Waals surface area (Å²) in [4.78, 5) is 11.0. The van der Waals surface area contributed by atoms with Crippen molar-refractivity contribution in [3.8, 4) is 0 Å². The van der Waals surface area contributed by atoms with Crippen molar-refractivity contribution in [2.24, 2.45) is 0 Å². The van der Waals surface area contributed by atoms with Crippen molar-refractivity contribution in [1.29, 1.82) is 0 Å². The monoisotopic (exact) mass is 206 g/mol. The van der Waals surface area contributed by atoms with Crippen LogP contribution in [0.2, 0.25) is 0 Å². The van der Waals surface area contributed by atoms with Crippen LogP contribution < -0.4 is 0 Å². The summed E-state index contributed by atoms with van der Waals surface area (Å²) < 4.78 is 4.84. The zero-order valence-corrected chi connectivity index (χ0v) is 9.10. The molecule has 0 aromatic heterocycles. The van der Waals surface area contributed by atoms with Gasteiger partial charge in [-0.1, -0.05) is 13.3 Å². The van der Waals surface area contributed by atoms with Crippen LogP contribution >= 0.6 is 11.8 Å². The van der Waals surface area contributed by atoms with E-state index < -0.39 is 12.1 Å². The van der Waals surface area contributed by atoms with E-state index in [1.165, 1.54) is 0 Å². The summed E-state index contributed by atoms with van der Waals surface area (Å²) >= 11 is 1.61. The fraction of sp³-hybridized carbons (Fsp3) is 0.889. The first-order valence-corrected chi connectivity index (χ1v) is 5.95. The van der Waals surface area contributed by atoms with Gasteiger partial charge in [-0.25, -0.2) is 4.79 Å². The fourth-order valence-corrected chi connectivity index (χ4v) is 1.22. The van der Waals surface area contributed by atoms with Gasteiger partial charge in [-0.15, -0.1) is 0 Å². The number of thioether (sulfide) groups is 1. The molecule has 0 spiro atoms. The summed E-state index contributed by atoms with van der Waals surface area (Å²) in [5.74, 6) is 0.298. The zero-order chi connectivity index (χ0) is 10.1. The van der Waals surface area contributed by atoms with Crippen LogP contribution in [0.5, 0.6) is 0 Å². The van der Waals surface area contributed by atoms with Crippen LogP contribution in [0.15, 0.2) is 0 Å². The van der Waals surface area contributed by atoms with E-state index in [0.29, 0.717) is 13.0 Å². The maximum Gasteiger partial charge on any atom is 0.334 e. The normalized spacial score (nSPS) is 12.5. The second-order valence-corrected chi connectivity index (χ2v) is 3.80. The Labute approximate surface area is 83.9 Å². The third kappa shape index (κ3) is 6.90. The minimum absolute atomic E-state index is 0.422. The Morgan fingerprint density at radius 1 is 1.62 bits per heavy atom. The first-order chi connectivity index (χ1) is 6.22. The van der Waals surface area contributed by atoms with E-state index in [-0.39, 0.29) is 0 Å². The molecule has 0 heterocycles. The van der Waals surface area contributed by atoms with Crippen molar-refractivity contribution >= 4 is 17.7 Å². The maximum atomic E-state index is 11.0. The number of aliphatic hydroxyl groups excluding tert-OH is 1. The van der Waals surface area contributed by atoms with Gasteiger partial charge in [-0.3, -0.25) is 0 Å². The second kappa shape index (κ2) is 8.38. The zero-order valence-electron chi connectivity index (χ0n) is 8.28. The summed E-state index contributed by atoms with van der Waals surface area (Å²) in [7, 11) is 0. The molecule has 3 nitrogen and oxygen atoms in total. The topological polar surface area (TPSA) is 46.5 Å². The van der Waals surface area contributed by atoms with Gasteiger partial charge in [0.05, 0.1) is 6.61 Å². The number of ether oxygens (including phenoxy) is 1. The Kier molecular flexibility index (Phi) is 8.24. The van der Waals surface area contributed by atoms with Gasteiger partial charge in [0.15, 0.2) is 6.10 Å². The van der Waals surface area contributed by atoms with E-state index in [9.17, 15) is 9.90 Å². The first-order valence-electron chi connectivity index (χ1n) is 4.56. The van der Waals surface area contributed by atoms with E-state index in [1.54, 1.807) is 11.8 Å². The van der Waals surface area contributed by atoms with Crippen LogP contribution in [0.4, 0.5) is 0 Å². The highest BCUT2D eigenvalue weighted by atomic mass is 32.2. The van der Waals surface area contributed by atoms with Crippen LogP contribution in [-0.4, -0.2) is 35.8 Å². The molecule has 1 unspecified atom stereocenters. The Morgan fingerprint density at radius 2 is 2.31 bits per heavy atom. The molecule has 0 aromatic rings. The average molecular weight is 206 g/mol. The molecule has 0 aliphatic carbocycles. The highest BCUT2D eigenvalue weighted by molar-refractivity contribution is 7.98. The van der Waals surface area contributed by atoms with E-state index in [2.05, 4.69) is 0 Å². The molecule has 13 heavy (non-hydrogen) atoms. The number of esters is 1. The number of aliphatic hydroxyl groups is 1. The quantitative estimate of drug-likeness (QED) is 0.506. The fourth-order valence-electron chi connectivity index (χ4n) is 0.761. The third-order valence-electron chi connectivity index (χ3n) is 1.61. The van der Waals surface area contributed by atoms with Crippen molar-refractivity contribution in [3.05, 3.63) is 0 Å². The number of hydrogen-bond donors (Lipinski definition) is 1. The molecule has 0 radical (unpaired) electrons. The van der Waals surface area contributed by atoms with Gasteiger partial charge in [-0.2, -0.15) is 11.8 Å². The predicted molar refractivity (Wildman–Crippen MR) is 54.9 cm³/mol. The molecule has 0 saturated carbocycles. The SMILES string of the molecule is CCCCOC(=O)C(O)CCSC. The molecule has 0 bridgehead atoms. The lowest BCUT2D eigenvalue weighted by molar-refractivity contribution is -0.153. The molecular weight excluding hydrogens is 188 g/mol. The van der Waals surface area contributed by atoms with Crippen molar-refractivity contribution in [2.45, 2.75) is 32.3 Å². The van der Waals surface area contributed by atoms with E-state index in [1.807, 2.05) is 13.2 Å². The number of carbonyl (C=O) groups excluding carboxylic acids is 1. The highest BCUT2D eigenvalue weighted by Crippen LogP contribution is 2.02. The lowest BCUT2D eigenvalue weighted by atomic mass is 10.3. The largest absolute Gasteiger partial charge is 0.464 e. The Hall–Kier alpha value is -0.220. The summed E-state index contributed by atoms with van der Waals surface area (Å²) in [5.41, 5.74) is 0. The number of unbranched alkanes of at least 4 members (excludes halogenated alkanes) is 1. The first kappa shape index (κ1) is 12.8. The molecule has 1 N–H and O–H groups in total. The van der Waals surface area contributed by atoms with Crippen LogP contribution in [0, 0.1) is 0 Å². The van der Waals surface area contributed by atoms with E-state index >= 15 is 0 Å². The predicted octanol–water partition coefficient (Wildman–Crippen LogP) is 1.44. The lowest BCUT2D eigenvalue weighted by Crippen LogP contribution is -2.24. The number of hydrogen-bond acceptors (Lipinski definition) is 4. The molecule has 78 valence electrons. The molecule has 1 atom stereocenters. The van der Waals surface area contributed by atoms with Crippen LogP contribution in [0.1, 0.15) is 26.2 Å². The second-order valence-electron chi connectivity index (χ2n) is 2.82. The van der Waals surface area contributed by atoms with Crippen LogP contribution in [0.25, 0.3) is 0 Å². The summed E-state index contributed by atoms with van der Waals surface area (Å²) in [6, 6.07) is 0. The minimum atomic E-state index is -0.940. The highest BCUT2D eigenvalue weighted by Gasteiger charge is 2.15. The van der Waals surface area contributed by atoms with E-state index in [4.69, 9.17) is 4.74 Å². The van der Waals surface area contributed by atoms with Crippen molar-refractivity contribution in [2.75, 3.05) is 18.6 Å². The van der Waals surface area contributed by atoms with Gasteiger partial charge in [0, 0.05) is 0 Å². The van der Waals surface area contributed by atoms with Crippen LogP contribution in [0.3, 0.4) is 0 Å². The molecule has 0 saturated heterocycles. The molecular formula is C9H18O3S. The third-order valence-corrected chi connectivity index (χ3v) is 2.25. The molecule has 0 fully saturated rings. The molecule has 4 heteroatoms. The number of rotatable bonds is 7. The Balaban J connectivity index is 3.45. The van der Waals surface area contributed by atoms with Crippen molar-refractivity contribution in [3.63, 3.8) is 0 Å². The Morgan fingerprint density at radius 3 is 2.85 bits per heavy atom. The number of carbonyl (C=O) groups is 1.